The second kappa shape index (κ2) is 9.57. The molecule has 1 saturated heterocycles. The Hall–Kier alpha value is -2.84. The number of carbonyl (C=O) groups is 1. The standard InChI is InChI=1S/C24H24ClF3N4O/c1-32-14-17(13-30-32)15-5-7-16(8-6-15)22(21-4-2-3-11-29-21)31-23(33)19-12-18(24(26,27)28)9-10-20(19)25/h5-10,12-14,21-22,29H,2-4,11H2,1H3,(H,31,33)/t21-,22-/m0/s1. The van der Waals surface area contributed by atoms with Crippen LogP contribution in [0.25, 0.3) is 11.1 Å². The van der Waals surface area contributed by atoms with Gasteiger partial charge in [0.2, 0.25) is 0 Å². The summed E-state index contributed by atoms with van der Waals surface area (Å²) in [5.41, 5.74) is 1.70. The van der Waals surface area contributed by atoms with E-state index in [-0.39, 0.29) is 16.6 Å². The van der Waals surface area contributed by atoms with Crippen LogP contribution in [-0.2, 0) is 13.2 Å². The number of halogens is 4. The van der Waals surface area contributed by atoms with E-state index < -0.39 is 23.7 Å². The van der Waals surface area contributed by atoms with Crippen LogP contribution in [-0.4, -0.2) is 28.3 Å². The highest BCUT2D eigenvalue weighted by Crippen LogP contribution is 2.32. The number of rotatable bonds is 5. The molecule has 0 spiro atoms. The summed E-state index contributed by atoms with van der Waals surface area (Å²) in [5.74, 6) is -0.639. The van der Waals surface area contributed by atoms with E-state index in [0.717, 1.165) is 60.7 Å². The predicted molar refractivity (Wildman–Crippen MR) is 121 cm³/mol. The summed E-state index contributed by atoms with van der Waals surface area (Å²) in [6.07, 6.45) is 2.00. The van der Waals surface area contributed by atoms with Gasteiger partial charge in [0.05, 0.1) is 28.4 Å². The minimum atomic E-state index is -4.56. The fourth-order valence-corrected chi connectivity index (χ4v) is 4.33. The maximum absolute atomic E-state index is 13.2. The molecule has 2 N–H and O–H groups in total. The van der Waals surface area contributed by atoms with Gasteiger partial charge in [-0.1, -0.05) is 42.3 Å². The van der Waals surface area contributed by atoms with Crippen LogP contribution in [0.5, 0.6) is 0 Å². The fraction of sp³-hybridized carbons (Fsp3) is 0.333. The Morgan fingerprint density at radius 2 is 1.94 bits per heavy atom. The van der Waals surface area contributed by atoms with E-state index in [4.69, 9.17) is 11.6 Å². The molecule has 1 aromatic heterocycles. The molecule has 4 rings (SSSR count). The zero-order valence-electron chi connectivity index (χ0n) is 18.0. The normalized spacial score (nSPS) is 17.5. The van der Waals surface area contributed by atoms with E-state index in [1.807, 2.05) is 37.5 Å². The van der Waals surface area contributed by atoms with Gasteiger partial charge in [0.15, 0.2) is 0 Å². The highest BCUT2D eigenvalue weighted by molar-refractivity contribution is 6.33. The molecular formula is C24H24ClF3N4O. The SMILES string of the molecule is Cn1cc(-c2ccc([C@H](NC(=O)c3cc(C(F)(F)F)ccc3Cl)[C@@H]3CCCCN3)cc2)cn1. The van der Waals surface area contributed by atoms with Crippen molar-refractivity contribution in [1.82, 2.24) is 20.4 Å². The van der Waals surface area contributed by atoms with Crippen LogP contribution >= 0.6 is 11.6 Å². The van der Waals surface area contributed by atoms with E-state index >= 15 is 0 Å². The third-order valence-corrected chi connectivity index (χ3v) is 6.21. The number of alkyl halides is 3. The van der Waals surface area contributed by atoms with Gasteiger partial charge < -0.3 is 10.6 Å². The van der Waals surface area contributed by atoms with E-state index in [0.29, 0.717) is 0 Å². The van der Waals surface area contributed by atoms with Crippen LogP contribution in [0.3, 0.4) is 0 Å². The number of aryl methyl sites for hydroxylation is 1. The average Bonchev–Trinajstić information content (AvgIpc) is 3.24. The van der Waals surface area contributed by atoms with Crippen molar-refractivity contribution in [3.8, 4) is 11.1 Å². The Bertz CT molecular complexity index is 1120. The summed E-state index contributed by atoms with van der Waals surface area (Å²) < 4.78 is 41.2. The molecular weight excluding hydrogens is 453 g/mol. The largest absolute Gasteiger partial charge is 0.416 e. The van der Waals surface area contributed by atoms with Gasteiger partial charge in [0.1, 0.15) is 0 Å². The van der Waals surface area contributed by atoms with Crippen molar-refractivity contribution in [3.05, 3.63) is 76.6 Å². The minimum Gasteiger partial charge on any atom is -0.344 e. The lowest BCUT2D eigenvalue weighted by atomic mass is 9.91. The molecule has 174 valence electrons. The zero-order valence-corrected chi connectivity index (χ0v) is 18.7. The predicted octanol–water partition coefficient (Wildman–Crippen LogP) is 5.37. The van der Waals surface area contributed by atoms with Crippen LogP contribution in [0.15, 0.2) is 54.9 Å². The third-order valence-electron chi connectivity index (χ3n) is 5.88. The second-order valence-corrected chi connectivity index (χ2v) is 8.63. The molecule has 0 saturated carbocycles. The number of carbonyl (C=O) groups excluding carboxylic acids is 1. The molecule has 1 fully saturated rings. The first-order valence-electron chi connectivity index (χ1n) is 10.7. The number of hydrogen-bond acceptors (Lipinski definition) is 3. The highest BCUT2D eigenvalue weighted by atomic mass is 35.5. The van der Waals surface area contributed by atoms with Crippen molar-refractivity contribution in [2.75, 3.05) is 6.54 Å². The van der Waals surface area contributed by atoms with Crippen LogP contribution in [0, 0.1) is 0 Å². The molecule has 1 aliphatic heterocycles. The Labute approximate surface area is 194 Å². The smallest absolute Gasteiger partial charge is 0.344 e. The van der Waals surface area contributed by atoms with Crippen LogP contribution < -0.4 is 10.6 Å². The quantitative estimate of drug-likeness (QED) is 0.520. The molecule has 0 radical (unpaired) electrons. The summed E-state index contributed by atoms with van der Waals surface area (Å²) in [6, 6.07) is 10.1. The van der Waals surface area contributed by atoms with Crippen LogP contribution in [0.1, 0.15) is 46.8 Å². The van der Waals surface area contributed by atoms with Gasteiger partial charge in [-0.2, -0.15) is 18.3 Å². The summed E-state index contributed by atoms with van der Waals surface area (Å²) >= 11 is 6.10. The highest BCUT2D eigenvalue weighted by Gasteiger charge is 2.33. The first kappa shape index (κ1) is 23.3. The van der Waals surface area contributed by atoms with E-state index in [2.05, 4.69) is 15.7 Å². The Balaban J connectivity index is 1.62. The average molecular weight is 477 g/mol. The molecule has 2 aromatic carbocycles. The van der Waals surface area contributed by atoms with Gasteiger partial charge in [-0.05, 0) is 48.7 Å². The molecule has 1 amide bonds. The maximum Gasteiger partial charge on any atom is 0.416 e. The third kappa shape index (κ3) is 5.39. The number of nitrogens with zero attached hydrogens (tertiary/aromatic N) is 2. The van der Waals surface area contributed by atoms with E-state index in [9.17, 15) is 18.0 Å². The van der Waals surface area contributed by atoms with Crippen molar-refractivity contribution in [3.63, 3.8) is 0 Å². The molecule has 1 aliphatic rings. The topological polar surface area (TPSA) is 59.0 Å². The number of nitrogens with one attached hydrogen (secondary N) is 2. The van der Waals surface area contributed by atoms with Gasteiger partial charge in [-0.3, -0.25) is 9.48 Å². The number of amides is 1. The molecule has 0 unspecified atom stereocenters. The lowest BCUT2D eigenvalue weighted by Crippen LogP contribution is -2.46. The molecule has 9 heteroatoms. The van der Waals surface area contributed by atoms with Crippen molar-refractivity contribution in [1.29, 1.82) is 0 Å². The molecule has 3 aromatic rings. The van der Waals surface area contributed by atoms with Crippen LogP contribution in [0.2, 0.25) is 5.02 Å². The van der Waals surface area contributed by atoms with Gasteiger partial charge >= 0.3 is 6.18 Å². The van der Waals surface area contributed by atoms with Crippen molar-refractivity contribution in [2.45, 2.75) is 37.5 Å². The molecule has 5 nitrogen and oxygen atoms in total. The van der Waals surface area contributed by atoms with Crippen molar-refractivity contribution >= 4 is 17.5 Å². The Morgan fingerprint density at radius 1 is 1.18 bits per heavy atom. The second-order valence-electron chi connectivity index (χ2n) is 8.22. The molecule has 2 atom stereocenters. The van der Waals surface area contributed by atoms with Crippen molar-refractivity contribution in [2.24, 2.45) is 7.05 Å². The van der Waals surface area contributed by atoms with Gasteiger partial charge in [0.25, 0.3) is 5.91 Å². The van der Waals surface area contributed by atoms with E-state index in [1.54, 1.807) is 10.9 Å². The number of aromatic nitrogens is 2. The van der Waals surface area contributed by atoms with Crippen molar-refractivity contribution < 1.29 is 18.0 Å². The fourth-order valence-electron chi connectivity index (χ4n) is 4.13. The molecule has 0 bridgehead atoms. The Kier molecular flexibility index (Phi) is 6.76. The minimum absolute atomic E-state index is 0.0252. The first-order chi connectivity index (χ1) is 15.7. The molecule has 0 aliphatic carbocycles. The van der Waals surface area contributed by atoms with Gasteiger partial charge in [-0.15, -0.1) is 0 Å². The zero-order chi connectivity index (χ0) is 23.6. The van der Waals surface area contributed by atoms with Gasteiger partial charge in [0, 0.05) is 24.8 Å². The lowest BCUT2D eigenvalue weighted by Gasteiger charge is -2.32. The lowest BCUT2D eigenvalue weighted by molar-refractivity contribution is -0.137. The molecule has 33 heavy (non-hydrogen) atoms. The summed E-state index contributed by atoms with van der Waals surface area (Å²) in [6.45, 7) is 0.815. The summed E-state index contributed by atoms with van der Waals surface area (Å²) in [4.78, 5) is 13.1. The van der Waals surface area contributed by atoms with Gasteiger partial charge in [-0.25, -0.2) is 0 Å². The first-order valence-corrected chi connectivity index (χ1v) is 11.1. The summed E-state index contributed by atoms with van der Waals surface area (Å²) in [5, 5.41) is 10.5. The number of benzene rings is 2. The number of piperidine rings is 1. The molecule has 2 heterocycles. The summed E-state index contributed by atoms with van der Waals surface area (Å²) in [7, 11) is 1.84. The van der Waals surface area contributed by atoms with Crippen LogP contribution in [0.4, 0.5) is 13.2 Å². The van der Waals surface area contributed by atoms with E-state index in [1.165, 1.54) is 0 Å². The number of hydrogen-bond donors (Lipinski definition) is 2. The Morgan fingerprint density at radius 3 is 2.55 bits per heavy atom. The maximum atomic E-state index is 13.2. The monoisotopic (exact) mass is 476 g/mol.